The third kappa shape index (κ3) is 1.53. The summed E-state index contributed by atoms with van der Waals surface area (Å²) in [5, 5.41) is 0. The van der Waals surface area contributed by atoms with Crippen molar-refractivity contribution in [1.29, 1.82) is 0 Å². The van der Waals surface area contributed by atoms with E-state index in [9.17, 15) is 0 Å². The summed E-state index contributed by atoms with van der Waals surface area (Å²) in [4.78, 5) is 0. The van der Waals surface area contributed by atoms with Crippen LogP contribution in [0.15, 0.2) is 28.7 Å². The number of rotatable bonds is 1. The minimum atomic E-state index is 0.253. The summed E-state index contributed by atoms with van der Waals surface area (Å²) in [6, 6.07) is 8.26. The van der Waals surface area contributed by atoms with E-state index in [-0.39, 0.29) is 11.5 Å². The molecule has 0 saturated carbocycles. The predicted molar refractivity (Wildman–Crippen MR) is 56.6 cm³/mol. The highest BCUT2D eigenvalue weighted by atomic mass is 79.9. The van der Waals surface area contributed by atoms with E-state index < -0.39 is 0 Å². The number of hydrogen-bond acceptors (Lipinski definition) is 1. The van der Waals surface area contributed by atoms with Gasteiger partial charge in [-0.15, -0.1) is 0 Å². The second kappa shape index (κ2) is 3.10. The van der Waals surface area contributed by atoms with Gasteiger partial charge in [0, 0.05) is 9.89 Å². The summed E-state index contributed by atoms with van der Waals surface area (Å²) in [5.74, 6) is 0. The van der Waals surface area contributed by atoms with Crippen molar-refractivity contribution in [2.24, 2.45) is 5.41 Å². The van der Waals surface area contributed by atoms with Crippen LogP contribution in [0, 0.1) is 5.41 Å². The van der Waals surface area contributed by atoms with Crippen molar-refractivity contribution in [2.45, 2.75) is 20.0 Å². The molecule has 1 aromatic rings. The van der Waals surface area contributed by atoms with Gasteiger partial charge in [0.1, 0.15) is 0 Å². The maximum Gasteiger partial charge on any atom is 0.0908 e. The van der Waals surface area contributed by atoms with Crippen LogP contribution in [-0.4, -0.2) is 6.61 Å². The molecule has 2 rings (SSSR count). The minimum absolute atomic E-state index is 0.253. The van der Waals surface area contributed by atoms with Crippen molar-refractivity contribution in [3.8, 4) is 0 Å². The molecule has 0 unspecified atom stereocenters. The Labute approximate surface area is 87.2 Å². The topological polar surface area (TPSA) is 9.23 Å². The molecule has 2 heteroatoms. The first-order valence-corrected chi connectivity index (χ1v) is 5.26. The Kier molecular flexibility index (Phi) is 2.20. The number of hydrogen-bond donors (Lipinski definition) is 0. The Hall–Kier alpha value is -0.340. The molecule has 1 aliphatic heterocycles. The summed E-state index contributed by atoms with van der Waals surface area (Å²) in [6.07, 6.45) is 0.253. The highest BCUT2D eigenvalue weighted by Crippen LogP contribution is 2.47. The van der Waals surface area contributed by atoms with E-state index in [4.69, 9.17) is 4.74 Å². The molecule has 0 bridgehead atoms. The average Bonchev–Trinajstić information content (AvgIpc) is 2.07. The van der Waals surface area contributed by atoms with E-state index in [0.29, 0.717) is 0 Å². The summed E-state index contributed by atoms with van der Waals surface area (Å²) >= 11 is 3.54. The van der Waals surface area contributed by atoms with E-state index in [1.165, 1.54) is 5.56 Å². The minimum Gasteiger partial charge on any atom is -0.372 e. The van der Waals surface area contributed by atoms with Crippen molar-refractivity contribution >= 4 is 15.9 Å². The second-order valence-corrected chi connectivity index (χ2v) is 5.06. The number of ether oxygens (including phenoxy) is 1. The lowest BCUT2D eigenvalue weighted by molar-refractivity contribution is -0.172. The fourth-order valence-electron chi connectivity index (χ4n) is 1.70. The molecule has 1 nitrogen and oxygen atoms in total. The van der Waals surface area contributed by atoms with Gasteiger partial charge in [0.15, 0.2) is 0 Å². The molecule has 1 fully saturated rings. The van der Waals surface area contributed by atoms with E-state index in [0.717, 1.165) is 11.1 Å². The molecule has 0 aliphatic carbocycles. The predicted octanol–water partition coefficient (Wildman–Crippen LogP) is 3.55. The summed E-state index contributed by atoms with van der Waals surface area (Å²) in [7, 11) is 0. The smallest absolute Gasteiger partial charge is 0.0908 e. The number of benzene rings is 1. The van der Waals surface area contributed by atoms with Crippen LogP contribution in [0.1, 0.15) is 25.5 Å². The molecule has 0 aromatic heterocycles. The fourth-order valence-corrected chi connectivity index (χ4v) is 2.19. The molecule has 1 aromatic carbocycles. The molecular formula is C11H13BrO. The van der Waals surface area contributed by atoms with Gasteiger partial charge < -0.3 is 4.74 Å². The van der Waals surface area contributed by atoms with Crippen molar-refractivity contribution in [2.75, 3.05) is 6.61 Å². The highest BCUT2D eigenvalue weighted by molar-refractivity contribution is 9.10. The van der Waals surface area contributed by atoms with Crippen LogP contribution in [0.25, 0.3) is 0 Å². The SMILES string of the molecule is CC1(C)CO[C@@H]1c1ccccc1Br. The van der Waals surface area contributed by atoms with Crippen LogP contribution in [0.5, 0.6) is 0 Å². The second-order valence-electron chi connectivity index (χ2n) is 4.20. The highest BCUT2D eigenvalue weighted by Gasteiger charge is 2.41. The third-order valence-corrected chi connectivity index (χ3v) is 3.24. The largest absolute Gasteiger partial charge is 0.372 e. The monoisotopic (exact) mass is 240 g/mol. The van der Waals surface area contributed by atoms with Crippen LogP contribution in [-0.2, 0) is 4.74 Å². The van der Waals surface area contributed by atoms with Gasteiger partial charge in [0.25, 0.3) is 0 Å². The molecule has 1 atom stereocenters. The van der Waals surface area contributed by atoms with Gasteiger partial charge in [0.05, 0.1) is 12.7 Å². The van der Waals surface area contributed by atoms with Crippen molar-refractivity contribution in [1.82, 2.24) is 0 Å². The molecule has 0 amide bonds. The molecule has 70 valence electrons. The standard InChI is InChI=1S/C11H13BrO/c1-11(2)7-13-10(11)8-5-3-4-6-9(8)12/h3-6,10H,7H2,1-2H3/t10-/m1/s1. The fraction of sp³-hybridized carbons (Fsp3) is 0.455. The summed E-state index contributed by atoms with van der Waals surface area (Å²) in [6.45, 7) is 5.33. The first-order chi connectivity index (χ1) is 6.11. The lowest BCUT2D eigenvalue weighted by Gasteiger charge is -2.44. The van der Waals surface area contributed by atoms with Crippen molar-refractivity contribution in [3.63, 3.8) is 0 Å². The average molecular weight is 241 g/mol. The van der Waals surface area contributed by atoms with Gasteiger partial charge in [-0.1, -0.05) is 48.0 Å². The van der Waals surface area contributed by atoms with Gasteiger partial charge in [-0.25, -0.2) is 0 Å². The van der Waals surface area contributed by atoms with E-state index in [2.05, 4.69) is 48.0 Å². The molecule has 1 aliphatic rings. The Morgan fingerprint density at radius 3 is 2.54 bits per heavy atom. The lowest BCUT2D eigenvalue weighted by Crippen LogP contribution is -2.40. The quantitative estimate of drug-likeness (QED) is 0.730. The van der Waals surface area contributed by atoms with Gasteiger partial charge in [-0.05, 0) is 11.6 Å². The maximum absolute atomic E-state index is 5.58. The number of halogens is 1. The van der Waals surface area contributed by atoms with Gasteiger partial charge in [-0.3, -0.25) is 0 Å². The summed E-state index contributed by atoms with van der Waals surface area (Å²) < 4.78 is 6.73. The first kappa shape index (κ1) is 9.22. The van der Waals surface area contributed by atoms with Crippen LogP contribution < -0.4 is 0 Å². The lowest BCUT2D eigenvalue weighted by atomic mass is 9.79. The Morgan fingerprint density at radius 2 is 2.08 bits per heavy atom. The Bertz CT molecular complexity index is 320. The zero-order chi connectivity index (χ0) is 9.47. The Morgan fingerprint density at radius 1 is 1.38 bits per heavy atom. The van der Waals surface area contributed by atoms with E-state index >= 15 is 0 Å². The van der Waals surface area contributed by atoms with E-state index in [1.54, 1.807) is 0 Å². The van der Waals surface area contributed by atoms with Crippen molar-refractivity contribution < 1.29 is 4.74 Å². The van der Waals surface area contributed by atoms with E-state index in [1.807, 2.05) is 6.07 Å². The molecule has 0 N–H and O–H groups in total. The van der Waals surface area contributed by atoms with Gasteiger partial charge >= 0.3 is 0 Å². The molecule has 0 spiro atoms. The maximum atomic E-state index is 5.58. The van der Waals surface area contributed by atoms with Crippen LogP contribution >= 0.6 is 15.9 Å². The Balaban J connectivity index is 2.32. The zero-order valence-corrected chi connectivity index (χ0v) is 9.47. The molecule has 1 saturated heterocycles. The van der Waals surface area contributed by atoms with Crippen LogP contribution in [0.3, 0.4) is 0 Å². The van der Waals surface area contributed by atoms with Crippen LogP contribution in [0.4, 0.5) is 0 Å². The zero-order valence-electron chi connectivity index (χ0n) is 7.88. The summed E-state index contributed by atoms with van der Waals surface area (Å²) in [5.41, 5.74) is 1.54. The molecular weight excluding hydrogens is 228 g/mol. The molecule has 13 heavy (non-hydrogen) atoms. The van der Waals surface area contributed by atoms with Crippen molar-refractivity contribution in [3.05, 3.63) is 34.3 Å². The van der Waals surface area contributed by atoms with Crippen LogP contribution in [0.2, 0.25) is 0 Å². The third-order valence-electron chi connectivity index (χ3n) is 2.52. The molecule has 1 heterocycles. The first-order valence-electron chi connectivity index (χ1n) is 4.47. The van der Waals surface area contributed by atoms with Gasteiger partial charge in [0.2, 0.25) is 0 Å². The molecule has 0 radical (unpaired) electrons. The normalized spacial score (nSPS) is 25.3. The van der Waals surface area contributed by atoms with Gasteiger partial charge in [-0.2, -0.15) is 0 Å².